The first-order valence-corrected chi connectivity index (χ1v) is 11.4. The maximum atomic E-state index is 2.58. The van der Waals surface area contributed by atoms with Crippen molar-refractivity contribution in [2.24, 2.45) is 0 Å². The van der Waals surface area contributed by atoms with Crippen LogP contribution in [0.25, 0.3) is 0 Å². The summed E-state index contributed by atoms with van der Waals surface area (Å²) in [5, 5.41) is 3.35. The lowest BCUT2D eigenvalue weighted by molar-refractivity contribution is 0.718. The molecule has 0 atom stereocenters. The molecule has 0 aliphatic rings. The molecule has 1 rings (SSSR count). The Bertz CT molecular complexity index is 389. The molecule has 0 saturated carbocycles. The standard InChI is InChI=1S/C19H32Si/c1-5-7-10-14-18(15-11-8-6-2)20(3,4)19-16-12-9-13-17-19/h9,12-14,16-17H,5-8,10-11,15H2,1-4H3/b18-14-. The number of benzene rings is 1. The van der Waals surface area contributed by atoms with Gasteiger partial charge in [-0.2, -0.15) is 0 Å². The number of unbranched alkanes of at least 4 members (excludes halogenated alkanes) is 4. The largest absolute Gasteiger partial charge is 0.107 e. The lowest BCUT2D eigenvalue weighted by Crippen LogP contribution is -2.43. The van der Waals surface area contributed by atoms with Crippen LogP contribution in [0.4, 0.5) is 0 Å². The molecule has 20 heavy (non-hydrogen) atoms. The quantitative estimate of drug-likeness (QED) is 0.395. The third-order valence-corrected chi connectivity index (χ3v) is 8.13. The number of allylic oxidation sites excluding steroid dienone is 2. The summed E-state index contributed by atoms with van der Waals surface area (Å²) in [4.78, 5) is 0. The predicted octanol–water partition coefficient (Wildman–Crippen LogP) is 5.84. The average Bonchev–Trinajstić information content (AvgIpc) is 2.47. The minimum atomic E-state index is -1.45. The molecule has 0 nitrogen and oxygen atoms in total. The molecule has 0 radical (unpaired) electrons. The van der Waals surface area contributed by atoms with Gasteiger partial charge in [0.25, 0.3) is 0 Å². The van der Waals surface area contributed by atoms with Gasteiger partial charge in [0.05, 0.1) is 0 Å². The Morgan fingerprint density at radius 3 is 2.20 bits per heavy atom. The summed E-state index contributed by atoms with van der Waals surface area (Å²) in [6.07, 6.45) is 11.8. The summed E-state index contributed by atoms with van der Waals surface area (Å²) in [7, 11) is -1.45. The highest BCUT2D eigenvalue weighted by Gasteiger charge is 2.27. The lowest BCUT2D eigenvalue weighted by Gasteiger charge is -2.27. The van der Waals surface area contributed by atoms with E-state index in [1.54, 1.807) is 10.4 Å². The van der Waals surface area contributed by atoms with Gasteiger partial charge in [-0.1, -0.05) is 99.4 Å². The van der Waals surface area contributed by atoms with Gasteiger partial charge in [-0.05, 0) is 19.3 Å². The first kappa shape index (κ1) is 17.2. The highest BCUT2D eigenvalue weighted by Crippen LogP contribution is 2.22. The van der Waals surface area contributed by atoms with E-state index in [1.807, 2.05) is 0 Å². The van der Waals surface area contributed by atoms with Gasteiger partial charge in [-0.3, -0.25) is 0 Å². The molecule has 0 saturated heterocycles. The molecule has 0 aliphatic carbocycles. The summed E-state index contributed by atoms with van der Waals surface area (Å²) in [5.41, 5.74) is 0. The van der Waals surface area contributed by atoms with E-state index in [0.717, 1.165) is 0 Å². The second-order valence-corrected chi connectivity index (χ2v) is 10.8. The highest BCUT2D eigenvalue weighted by atomic mass is 28.3. The maximum Gasteiger partial charge on any atom is 0.107 e. The fourth-order valence-electron chi connectivity index (χ4n) is 2.76. The summed E-state index contributed by atoms with van der Waals surface area (Å²) in [5.74, 6) is 0. The van der Waals surface area contributed by atoms with Crippen LogP contribution in [-0.4, -0.2) is 8.07 Å². The SMILES string of the molecule is CCCC/C=C(/CCCCC)[Si](C)(C)c1ccccc1. The van der Waals surface area contributed by atoms with Gasteiger partial charge >= 0.3 is 0 Å². The second kappa shape index (κ2) is 9.18. The van der Waals surface area contributed by atoms with Crippen molar-refractivity contribution in [3.8, 4) is 0 Å². The molecule has 0 fully saturated rings. The zero-order valence-corrected chi connectivity index (χ0v) is 14.9. The van der Waals surface area contributed by atoms with Crippen LogP contribution in [0.3, 0.4) is 0 Å². The van der Waals surface area contributed by atoms with Gasteiger partial charge in [0, 0.05) is 0 Å². The van der Waals surface area contributed by atoms with Gasteiger partial charge < -0.3 is 0 Å². The summed E-state index contributed by atoms with van der Waals surface area (Å²) < 4.78 is 0. The minimum absolute atomic E-state index is 1.27. The van der Waals surface area contributed by atoms with E-state index in [4.69, 9.17) is 0 Å². The molecule has 112 valence electrons. The van der Waals surface area contributed by atoms with E-state index in [1.165, 1.54) is 44.9 Å². The average molecular weight is 289 g/mol. The molecule has 0 aliphatic heterocycles. The van der Waals surface area contributed by atoms with Crippen molar-refractivity contribution in [1.29, 1.82) is 0 Å². The zero-order valence-electron chi connectivity index (χ0n) is 13.9. The summed E-state index contributed by atoms with van der Waals surface area (Å²) >= 11 is 0. The minimum Gasteiger partial charge on any atom is -0.0888 e. The second-order valence-electron chi connectivity index (χ2n) is 6.32. The summed E-state index contributed by atoms with van der Waals surface area (Å²) in [6, 6.07) is 11.2. The molecule has 0 heterocycles. The van der Waals surface area contributed by atoms with Crippen molar-refractivity contribution in [1.82, 2.24) is 0 Å². The lowest BCUT2D eigenvalue weighted by atomic mass is 10.1. The molecular formula is C19H32Si. The van der Waals surface area contributed by atoms with Gasteiger partial charge in [0.2, 0.25) is 0 Å². The highest BCUT2D eigenvalue weighted by molar-refractivity contribution is 6.95. The van der Waals surface area contributed by atoms with Crippen molar-refractivity contribution in [2.45, 2.75) is 71.9 Å². The van der Waals surface area contributed by atoms with Crippen LogP contribution < -0.4 is 5.19 Å². The Morgan fingerprint density at radius 2 is 1.60 bits per heavy atom. The smallest absolute Gasteiger partial charge is 0.0888 e. The van der Waals surface area contributed by atoms with Crippen LogP contribution in [-0.2, 0) is 0 Å². The Morgan fingerprint density at radius 1 is 0.950 bits per heavy atom. The van der Waals surface area contributed by atoms with E-state index >= 15 is 0 Å². The van der Waals surface area contributed by atoms with Crippen molar-refractivity contribution in [3.05, 3.63) is 41.6 Å². The van der Waals surface area contributed by atoms with Crippen molar-refractivity contribution in [3.63, 3.8) is 0 Å². The Kier molecular flexibility index (Phi) is 7.90. The fourth-order valence-corrected chi connectivity index (χ4v) is 5.61. The van der Waals surface area contributed by atoms with Gasteiger partial charge in [-0.15, -0.1) is 0 Å². The molecule has 0 aromatic heterocycles. The molecule has 1 aromatic rings. The number of hydrogen-bond acceptors (Lipinski definition) is 0. The molecule has 1 heteroatoms. The third kappa shape index (κ3) is 5.28. The maximum absolute atomic E-state index is 2.58. The van der Waals surface area contributed by atoms with E-state index in [0.29, 0.717) is 0 Å². The summed E-state index contributed by atoms with van der Waals surface area (Å²) in [6.45, 7) is 9.61. The topological polar surface area (TPSA) is 0 Å². The fraction of sp³-hybridized carbons (Fsp3) is 0.579. The van der Waals surface area contributed by atoms with Crippen molar-refractivity contribution >= 4 is 13.3 Å². The predicted molar refractivity (Wildman–Crippen MR) is 95.3 cm³/mol. The van der Waals surface area contributed by atoms with Crippen LogP contribution in [0.1, 0.15) is 58.8 Å². The van der Waals surface area contributed by atoms with Crippen molar-refractivity contribution < 1.29 is 0 Å². The van der Waals surface area contributed by atoms with Crippen LogP contribution in [0.5, 0.6) is 0 Å². The van der Waals surface area contributed by atoms with Crippen LogP contribution >= 0.6 is 0 Å². The third-order valence-electron chi connectivity index (χ3n) is 4.30. The normalized spacial score (nSPS) is 12.7. The van der Waals surface area contributed by atoms with Gasteiger partial charge in [0.15, 0.2) is 0 Å². The van der Waals surface area contributed by atoms with E-state index in [9.17, 15) is 0 Å². The number of rotatable bonds is 9. The van der Waals surface area contributed by atoms with Crippen LogP contribution in [0.15, 0.2) is 41.6 Å². The molecule has 0 bridgehead atoms. The monoisotopic (exact) mass is 288 g/mol. The molecule has 0 unspecified atom stereocenters. The van der Waals surface area contributed by atoms with Crippen molar-refractivity contribution in [2.75, 3.05) is 0 Å². The van der Waals surface area contributed by atoms with E-state index in [2.05, 4.69) is 63.3 Å². The Balaban J connectivity index is 2.86. The van der Waals surface area contributed by atoms with Crippen LogP contribution in [0.2, 0.25) is 13.1 Å². The Labute approximate surface area is 127 Å². The first-order valence-electron chi connectivity index (χ1n) is 8.38. The molecule has 0 N–H and O–H groups in total. The zero-order chi connectivity index (χ0) is 14.8. The molecule has 0 amide bonds. The van der Waals surface area contributed by atoms with E-state index < -0.39 is 8.07 Å². The van der Waals surface area contributed by atoms with E-state index in [-0.39, 0.29) is 0 Å². The first-order chi connectivity index (χ1) is 9.62. The molecule has 1 aromatic carbocycles. The molecular weight excluding hydrogens is 256 g/mol. The van der Waals surface area contributed by atoms with Crippen LogP contribution in [0, 0.1) is 0 Å². The Hall–Kier alpha value is -0.823. The van der Waals surface area contributed by atoms with Gasteiger partial charge in [-0.25, -0.2) is 0 Å². The molecule has 0 spiro atoms. The number of hydrogen-bond donors (Lipinski definition) is 0. The van der Waals surface area contributed by atoms with Gasteiger partial charge in [0.1, 0.15) is 8.07 Å².